The van der Waals surface area contributed by atoms with Gasteiger partial charge in [-0.1, -0.05) is 0 Å². The van der Waals surface area contributed by atoms with Crippen LogP contribution in [0.15, 0.2) is 16.6 Å². The Morgan fingerprint density at radius 1 is 1.69 bits per heavy atom. The first kappa shape index (κ1) is 10.1. The van der Waals surface area contributed by atoms with E-state index in [1.165, 1.54) is 0 Å². The minimum absolute atomic E-state index is 0.354. The molecule has 0 aliphatic heterocycles. The van der Waals surface area contributed by atoms with Crippen molar-refractivity contribution in [2.75, 3.05) is 0 Å². The zero-order valence-electron chi connectivity index (χ0n) is 6.99. The van der Waals surface area contributed by atoms with Gasteiger partial charge < -0.3 is 10.8 Å². The molecule has 0 saturated heterocycles. The second kappa shape index (κ2) is 3.85. The van der Waals surface area contributed by atoms with E-state index in [9.17, 15) is 4.79 Å². The molecule has 5 heteroatoms. The molecular weight excluding hydrogens is 236 g/mol. The summed E-state index contributed by atoms with van der Waals surface area (Å²) in [6, 6.07) is 2.44. The second-order valence-corrected chi connectivity index (χ2v) is 3.49. The van der Waals surface area contributed by atoms with Crippen LogP contribution in [0.3, 0.4) is 0 Å². The van der Waals surface area contributed by atoms with E-state index in [2.05, 4.69) is 20.9 Å². The summed E-state index contributed by atoms with van der Waals surface area (Å²) < 4.78 is 0.619. The lowest BCUT2D eigenvalue weighted by Gasteiger charge is -2.08. The molecule has 0 aromatic carbocycles. The topological polar surface area (TPSA) is 76.2 Å². The van der Waals surface area contributed by atoms with Crippen LogP contribution in [0.25, 0.3) is 0 Å². The monoisotopic (exact) mass is 244 g/mol. The molecule has 0 aliphatic rings. The molecular formula is C8H9BrN2O2. The minimum Gasteiger partial charge on any atom is -0.480 e. The van der Waals surface area contributed by atoms with Crippen molar-refractivity contribution in [1.82, 2.24) is 4.98 Å². The fourth-order valence-corrected chi connectivity index (χ4v) is 1.36. The van der Waals surface area contributed by atoms with Crippen LogP contribution in [0.1, 0.15) is 17.4 Å². The van der Waals surface area contributed by atoms with E-state index in [-0.39, 0.29) is 0 Å². The number of aryl methyl sites for hydroxylation is 1. The van der Waals surface area contributed by atoms with Gasteiger partial charge in [0.15, 0.2) is 0 Å². The number of carbonyl (C=O) groups is 1. The molecule has 0 bridgehead atoms. The maximum Gasteiger partial charge on any atom is 0.326 e. The number of rotatable bonds is 2. The Bertz CT molecular complexity index is 341. The number of halogens is 1. The molecule has 0 spiro atoms. The highest BCUT2D eigenvalue weighted by Gasteiger charge is 2.18. The van der Waals surface area contributed by atoms with Gasteiger partial charge in [0.1, 0.15) is 6.04 Å². The number of nitrogens with zero attached hydrogens (tertiary/aromatic N) is 1. The van der Waals surface area contributed by atoms with Crippen LogP contribution >= 0.6 is 15.9 Å². The van der Waals surface area contributed by atoms with Gasteiger partial charge in [0.25, 0.3) is 0 Å². The highest BCUT2D eigenvalue weighted by atomic mass is 79.9. The first-order valence-electron chi connectivity index (χ1n) is 3.64. The highest BCUT2D eigenvalue weighted by molar-refractivity contribution is 9.10. The standard InChI is InChI=1S/C8H9BrN2O2/c1-4-2-3-5(9)7(11-4)6(10)8(12)13/h2-3,6H,10H2,1H3,(H,12,13). The Hall–Kier alpha value is -0.940. The summed E-state index contributed by atoms with van der Waals surface area (Å²) in [4.78, 5) is 14.6. The average molecular weight is 245 g/mol. The molecule has 0 amide bonds. The molecule has 3 N–H and O–H groups in total. The number of carboxylic acids is 1. The third-order valence-corrected chi connectivity index (χ3v) is 2.24. The molecule has 1 aromatic heterocycles. The summed E-state index contributed by atoms with van der Waals surface area (Å²) in [5, 5.41) is 8.66. The molecule has 0 aliphatic carbocycles. The van der Waals surface area contributed by atoms with Crippen LogP contribution in [-0.4, -0.2) is 16.1 Å². The van der Waals surface area contributed by atoms with Crippen molar-refractivity contribution in [3.8, 4) is 0 Å². The van der Waals surface area contributed by atoms with Gasteiger partial charge in [-0.05, 0) is 35.0 Å². The largest absolute Gasteiger partial charge is 0.480 e. The van der Waals surface area contributed by atoms with Gasteiger partial charge in [-0.15, -0.1) is 0 Å². The molecule has 0 fully saturated rings. The van der Waals surface area contributed by atoms with Crippen molar-refractivity contribution in [1.29, 1.82) is 0 Å². The van der Waals surface area contributed by atoms with E-state index in [1.54, 1.807) is 19.1 Å². The van der Waals surface area contributed by atoms with Gasteiger partial charge in [0, 0.05) is 10.2 Å². The third-order valence-electron chi connectivity index (χ3n) is 1.57. The first-order valence-corrected chi connectivity index (χ1v) is 4.43. The molecule has 1 unspecified atom stereocenters. The maximum atomic E-state index is 10.6. The van der Waals surface area contributed by atoms with Gasteiger partial charge in [-0.2, -0.15) is 0 Å². The van der Waals surface area contributed by atoms with Gasteiger partial charge in [-0.3, -0.25) is 9.78 Å². The molecule has 1 heterocycles. The lowest BCUT2D eigenvalue weighted by atomic mass is 10.2. The maximum absolute atomic E-state index is 10.6. The Balaban J connectivity index is 3.12. The Morgan fingerprint density at radius 3 is 2.85 bits per heavy atom. The van der Waals surface area contributed by atoms with E-state index in [0.29, 0.717) is 10.2 Å². The molecule has 0 radical (unpaired) electrons. The quantitative estimate of drug-likeness (QED) is 0.821. The number of aromatic nitrogens is 1. The third kappa shape index (κ3) is 2.26. The predicted octanol–water partition coefficient (Wildman–Crippen LogP) is 1.24. The van der Waals surface area contributed by atoms with Crippen molar-refractivity contribution in [2.24, 2.45) is 5.73 Å². The number of hydrogen-bond donors (Lipinski definition) is 2. The van der Waals surface area contributed by atoms with E-state index in [1.807, 2.05) is 0 Å². The normalized spacial score (nSPS) is 12.5. The van der Waals surface area contributed by atoms with Gasteiger partial charge in [-0.25, -0.2) is 0 Å². The van der Waals surface area contributed by atoms with Crippen molar-refractivity contribution in [2.45, 2.75) is 13.0 Å². The molecule has 13 heavy (non-hydrogen) atoms. The summed E-state index contributed by atoms with van der Waals surface area (Å²) in [6.07, 6.45) is 0. The lowest BCUT2D eigenvalue weighted by molar-refractivity contribution is -0.138. The van der Waals surface area contributed by atoms with E-state index in [4.69, 9.17) is 10.8 Å². The first-order chi connectivity index (χ1) is 6.02. The van der Waals surface area contributed by atoms with Crippen molar-refractivity contribution in [3.05, 3.63) is 28.0 Å². The predicted molar refractivity (Wildman–Crippen MR) is 51.2 cm³/mol. The summed E-state index contributed by atoms with van der Waals surface area (Å²) in [5.41, 5.74) is 6.51. The molecule has 0 saturated carbocycles. The van der Waals surface area contributed by atoms with Crippen LogP contribution in [0, 0.1) is 6.92 Å². The van der Waals surface area contributed by atoms with E-state index >= 15 is 0 Å². The van der Waals surface area contributed by atoms with Crippen molar-refractivity contribution in [3.63, 3.8) is 0 Å². The Kier molecular flexibility index (Phi) is 3.00. The SMILES string of the molecule is Cc1ccc(Br)c(C(N)C(=O)O)n1. The van der Waals surface area contributed by atoms with Crippen LogP contribution in [-0.2, 0) is 4.79 Å². The van der Waals surface area contributed by atoms with Crippen LogP contribution in [0.5, 0.6) is 0 Å². The zero-order chi connectivity index (χ0) is 10.0. The average Bonchev–Trinajstić information content (AvgIpc) is 2.08. The summed E-state index contributed by atoms with van der Waals surface area (Å²) in [7, 11) is 0. The van der Waals surface area contributed by atoms with Crippen LogP contribution in [0.2, 0.25) is 0 Å². The number of nitrogens with two attached hydrogens (primary N) is 1. The minimum atomic E-state index is -1.08. The van der Waals surface area contributed by atoms with Crippen LogP contribution in [0.4, 0.5) is 0 Å². The van der Waals surface area contributed by atoms with Gasteiger partial charge in [0.05, 0.1) is 5.69 Å². The molecule has 1 atom stereocenters. The second-order valence-electron chi connectivity index (χ2n) is 2.64. The molecule has 70 valence electrons. The molecule has 1 rings (SSSR count). The molecule has 4 nitrogen and oxygen atoms in total. The zero-order valence-corrected chi connectivity index (χ0v) is 8.58. The fourth-order valence-electron chi connectivity index (χ4n) is 0.895. The Morgan fingerprint density at radius 2 is 2.31 bits per heavy atom. The van der Waals surface area contributed by atoms with Crippen LogP contribution < -0.4 is 5.73 Å². The van der Waals surface area contributed by atoms with Crippen molar-refractivity contribution >= 4 is 21.9 Å². The van der Waals surface area contributed by atoms with E-state index in [0.717, 1.165) is 5.69 Å². The summed E-state index contributed by atoms with van der Waals surface area (Å²) in [6.45, 7) is 1.78. The summed E-state index contributed by atoms with van der Waals surface area (Å²) >= 11 is 3.19. The van der Waals surface area contributed by atoms with E-state index < -0.39 is 12.0 Å². The number of aliphatic carboxylic acids is 1. The number of hydrogen-bond acceptors (Lipinski definition) is 3. The number of carboxylic acid groups (broad SMARTS) is 1. The molecule has 1 aromatic rings. The Labute approximate surface area is 83.9 Å². The lowest BCUT2D eigenvalue weighted by Crippen LogP contribution is -2.22. The fraction of sp³-hybridized carbons (Fsp3) is 0.250. The smallest absolute Gasteiger partial charge is 0.326 e. The van der Waals surface area contributed by atoms with Gasteiger partial charge >= 0.3 is 5.97 Å². The highest BCUT2D eigenvalue weighted by Crippen LogP contribution is 2.20. The summed E-state index contributed by atoms with van der Waals surface area (Å²) in [5.74, 6) is -1.08. The van der Waals surface area contributed by atoms with Crippen molar-refractivity contribution < 1.29 is 9.90 Å². The van der Waals surface area contributed by atoms with Gasteiger partial charge in [0.2, 0.25) is 0 Å². The number of pyridine rings is 1.